The largest absolute Gasteiger partial charge is 0.481 e. The van der Waals surface area contributed by atoms with E-state index in [2.05, 4.69) is 6.92 Å². The Hall–Kier alpha value is -1.01. The maximum Gasteiger partial charge on any atom is 0.303 e. The van der Waals surface area contributed by atoms with Gasteiger partial charge in [0.05, 0.1) is 12.2 Å². The second-order valence-electron chi connectivity index (χ2n) is 8.32. The molecular formula is C21H34F2O4. The van der Waals surface area contributed by atoms with Crippen LogP contribution in [0.5, 0.6) is 0 Å². The summed E-state index contributed by atoms with van der Waals surface area (Å²) in [5, 5.41) is 18.6. The zero-order valence-electron chi connectivity index (χ0n) is 16.4. The van der Waals surface area contributed by atoms with Crippen LogP contribution in [0, 0.1) is 17.8 Å². The molecule has 2 fully saturated rings. The number of halogens is 2. The van der Waals surface area contributed by atoms with Gasteiger partial charge in [0.25, 0.3) is 5.92 Å². The standard InChI is InChI=1S/C21H34F2O4/c1-3-4-11-21(22,23)19(24)10-9-16-14(2)12-18-17(16)13-15(27-18)7-5-6-8-20(25)26/h9-10,14-19,24H,3-8,11-13H2,1-2H3,(H,25,26)/b10-9+/t14?,15?,16-,17+,18?,19?/m0/s1. The minimum Gasteiger partial charge on any atom is -0.481 e. The van der Waals surface area contributed by atoms with Crippen molar-refractivity contribution in [3.05, 3.63) is 12.2 Å². The van der Waals surface area contributed by atoms with Gasteiger partial charge in [0.1, 0.15) is 6.10 Å². The van der Waals surface area contributed by atoms with Crippen LogP contribution in [0.2, 0.25) is 0 Å². The van der Waals surface area contributed by atoms with Crippen LogP contribution in [0.1, 0.15) is 71.6 Å². The molecule has 1 aliphatic heterocycles. The number of fused-ring (bicyclic) bond motifs is 1. The number of unbranched alkanes of at least 4 members (excludes halogenated alkanes) is 2. The number of carboxylic acid groups (broad SMARTS) is 1. The number of aliphatic hydroxyl groups excluding tert-OH is 1. The molecule has 2 N–H and O–H groups in total. The number of carbonyl (C=O) groups is 1. The summed E-state index contributed by atoms with van der Waals surface area (Å²) in [6, 6.07) is 0. The predicted molar refractivity (Wildman–Crippen MR) is 99.8 cm³/mol. The molecule has 0 aromatic carbocycles. The fourth-order valence-corrected chi connectivity index (χ4v) is 4.54. The molecule has 6 heteroatoms. The van der Waals surface area contributed by atoms with Crippen LogP contribution in [-0.4, -0.2) is 40.4 Å². The molecule has 4 unspecified atom stereocenters. The Bertz CT molecular complexity index is 508. The number of aliphatic hydroxyl groups is 1. The van der Waals surface area contributed by atoms with Crippen molar-refractivity contribution in [3.63, 3.8) is 0 Å². The SMILES string of the molecule is CCCCC(F)(F)C(O)/C=C/[C@H]1C(C)CC2OC(CCCCC(=O)O)C[C@@H]21. The number of carboxylic acids is 1. The van der Waals surface area contributed by atoms with Crippen molar-refractivity contribution in [1.82, 2.24) is 0 Å². The number of alkyl halides is 2. The summed E-state index contributed by atoms with van der Waals surface area (Å²) in [5.74, 6) is -3.05. The molecule has 0 bridgehead atoms. The van der Waals surface area contributed by atoms with Crippen molar-refractivity contribution < 1.29 is 28.5 Å². The first-order valence-corrected chi connectivity index (χ1v) is 10.4. The van der Waals surface area contributed by atoms with E-state index in [4.69, 9.17) is 9.84 Å². The third kappa shape index (κ3) is 6.24. The Labute approximate surface area is 161 Å². The van der Waals surface area contributed by atoms with Gasteiger partial charge in [-0.3, -0.25) is 4.79 Å². The molecule has 1 saturated heterocycles. The number of ether oxygens (including phenoxy) is 1. The van der Waals surface area contributed by atoms with Crippen LogP contribution in [0.15, 0.2) is 12.2 Å². The van der Waals surface area contributed by atoms with Gasteiger partial charge in [-0.25, -0.2) is 8.78 Å². The molecule has 2 rings (SSSR count). The van der Waals surface area contributed by atoms with E-state index in [1.807, 2.05) is 6.92 Å². The Morgan fingerprint density at radius 3 is 2.70 bits per heavy atom. The lowest BCUT2D eigenvalue weighted by molar-refractivity contribution is -0.137. The Kier molecular flexibility index (Phi) is 8.22. The number of hydrogen-bond acceptors (Lipinski definition) is 3. The summed E-state index contributed by atoms with van der Waals surface area (Å²) in [7, 11) is 0. The molecule has 0 amide bonds. The lowest BCUT2D eigenvalue weighted by atomic mass is 9.86. The zero-order valence-corrected chi connectivity index (χ0v) is 16.4. The maximum absolute atomic E-state index is 14.0. The highest BCUT2D eigenvalue weighted by Crippen LogP contribution is 2.48. The van der Waals surface area contributed by atoms with Gasteiger partial charge in [0.15, 0.2) is 0 Å². The van der Waals surface area contributed by atoms with Crippen LogP contribution < -0.4 is 0 Å². The van der Waals surface area contributed by atoms with Gasteiger partial charge in [0, 0.05) is 12.8 Å². The highest BCUT2D eigenvalue weighted by molar-refractivity contribution is 5.66. The van der Waals surface area contributed by atoms with Crippen molar-refractivity contribution in [2.24, 2.45) is 17.8 Å². The van der Waals surface area contributed by atoms with E-state index < -0.39 is 18.0 Å². The first kappa shape index (κ1) is 22.3. The van der Waals surface area contributed by atoms with Crippen molar-refractivity contribution in [2.45, 2.75) is 95.9 Å². The van der Waals surface area contributed by atoms with E-state index >= 15 is 0 Å². The minimum atomic E-state index is -3.08. The topological polar surface area (TPSA) is 66.8 Å². The number of hydrogen-bond donors (Lipinski definition) is 2. The Morgan fingerprint density at radius 2 is 2.04 bits per heavy atom. The molecule has 27 heavy (non-hydrogen) atoms. The third-order valence-electron chi connectivity index (χ3n) is 6.11. The van der Waals surface area contributed by atoms with Gasteiger partial charge >= 0.3 is 5.97 Å². The van der Waals surface area contributed by atoms with Gasteiger partial charge in [-0.15, -0.1) is 0 Å². The van der Waals surface area contributed by atoms with Gasteiger partial charge in [0.2, 0.25) is 0 Å². The number of aliphatic carboxylic acids is 1. The lowest BCUT2D eigenvalue weighted by Crippen LogP contribution is -2.32. The van der Waals surface area contributed by atoms with Crippen LogP contribution in [-0.2, 0) is 9.53 Å². The fourth-order valence-electron chi connectivity index (χ4n) is 4.54. The smallest absolute Gasteiger partial charge is 0.303 e. The highest BCUT2D eigenvalue weighted by Gasteiger charge is 2.47. The summed E-state index contributed by atoms with van der Waals surface area (Å²) in [5.41, 5.74) is 0. The Balaban J connectivity index is 1.86. The summed E-state index contributed by atoms with van der Waals surface area (Å²) in [6.45, 7) is 3.97. The molecule has 0 aromatic rings. The second kappa shape index (κ2) is 9.97. The van der Waals surface area contributed by atoms with E-state index in [9.17, 15) is 18.7 Å². The predicted octanol–water partition coefficient (Wildman–Crippen LogP) is 4.80. The van der Waals surface area contributed by atoms with Crippen molar-refractivity contribution in [3.8, 4) is 0 Å². The molecule has 156 valence electrons. The Morgan fingerprint density at radius 1 is 1.30 bits per heavy atom. The minimum absolute atomic E-state index is 0.133. The molecule has 1 saturated carbocycles. The molecule has 0 spiro atoms. The molecule has 6 atom stereocenters. The van der Waals surface area contributed by atoms with Gasteiger partial charge in [-0.05, 0) is 49.9 Å². The van der Waals surface area contributed by atoms with Crippen LogP contribution in [0.4, 0.5) is 8.78 Å². The molecular weight excluding hydrogens is 354 g/mol. The van der Waals surface area contributed by atoms with Crippen molar-refractivity contribution in [1.29, 1.82) is 0 Å². The van der Waals surface area contributed by atoms with Gasteiger partial charge < -0.3 is 14.9 Å². The maximum atomic E-state index is 14.0. The summed E-state index contributed by atoms with van der Waals surface area (Å²) >= 11 is 0. The van der Waals surface area contributed by atoms with E-state index in [-0.39, 0.29) is 31.0 Å². The first-order valence-electron chi connectivity index (χ1n) is 10.4. The van der Waals surface area contributed by atoms with E-state index in [0.717, 1.165) is 25.7 Å². The van der Waals surface area contributed by atoms with Crippen LogP contribution >= 0.6 is 0 Å². The summed E-state index contributed by atoms with van der Waals surface area (Å²) < 4.78 is 34.1. The quantitative estimate of drug-likeness (QED) is 0.394. The van der Waals surface area contributed by atoms with Crippen molar-refractivity contribution in [2.75, 3.05) is 0 Å². The van der Waals surface area contributed by atoms with Crippen LogP contribution in [0.25, 0.3) is 0 Å². The monoisotopic (exact) mass is 388 g/mol. The van der Waals surface area contributed by atoms with Crippen molar-refractivity contribution >= 4 is 5.97 Å². The average molecular weight is 388 g/mol. The molecule has 2 aliphatic rings. The molecule has 0 aromatic heterocycles. The molecule has 1 heterocycles. The zero-order chi connectivity index (χ0) is 20.0. The number of rotatable bonds is 11. The second-order valence-corrected chi connectivity index (χ2v) is 8.32. The molecule has 1 aliphatic carbocycles. The average Bonchev–Trinajstić information content (AvgIpc) is 3.11. The van der Waals surface area contributed by atoms with Gasteiger partial charge in [-0.2, -0.15) is 0 Å². The summed E-state index contributed by atoms with van der Waals surface area (Å²) in [6.07, 6.45) is 6.74. The lowest BCUT2D eigenvalue weighted by Gasteiger charge is -2.22. The highest BCUT2D eigenvalue weighted by atomic mass is 19.3. The van der Waals surface area contributed by atoms with E-state index in [1.54, 1.807) is 6.08 Å². The fraction of sp³-hybridized carbons (Fsp3) is 0.857. The number of allylic oxidation sites excluding steroid dienone is 1. The van der Waals surface area contributed by atoms with Gasteiger partial charge in [-0.1, -0.05) is 38.8 Å². The molecule has 4 nitrogen and oxygen atoms in total. The van der Waals surface area contributed by atoms with E-state index in [0.29, 0.717) is 31.1 Å². The van der Waals surface area contributed by atoms with Crippen LogP contribution in [0.3, 0.4) is 0 Å². The summed E-state index contributed by atoms with van der Waals surface area (Å²) in [4.78, 5) is 10.6. The van der Waals surface area contributed by atoms with E-state index in [1.165, 1.54) is 6.08 Å². The third-order valence-corrected chi connectivity index (χ3v) is 6.11. The molecule has 0 radical (unpaired) electrons. The first-order chi connectivity index (χ1) is 12.7. The normalized spacial score (nSPS) is 32.1.